The minimum absolute atomic E-state index is 0. The fourth-order valence-corrected chi connectivity index (χ4v) is 3.44. The second-order valence-electron chi connectivity index (χ2n) is 7.11. The first-order valence-electron chi connectivity index (χ1n) is 9.42. The van der Waals surface area contributed by atoms with Gasteiger partial charge in [0.1, 0.15) is 12.1 Å². The van der Waals surface area contributed by atoms with Gasteiger partial charge in [0.2, 0.25) is 5.91 Å². The minimum atomic E-state index is -0.522. The highest BCUT2D eigenvalue weighted by Gasteiger charge is 2.34. The quantitative estimate of drug-likeness (QED) is 0.798. The van der Waals surface area contributed by atoms with Crippen molar-refractivity contribution in [3.05, 3.63) is 41.5 Å². The molecule has 2 aliphatic rings. The zero-order chi connectivity index (χ0) is 19.8. The van der Waals surface area contributed by atoms with Crippen molar-refractivity contribution < 1.29 is 20.5 Å². The summed E-state index contributed by atoms with van der Waals surface area (Å²) in [6.07, 6.45) is 3.93. The van der Waals surface area contributed by atoms with Crippen LogP contribution in [0, 0.1) is 5.92 Å². The Balaban J connectivity index is 0.00000240. The number of hydrogen-bond acceptors (Lipinski definition) is 5. The molecule has 0 saturated heterocycles. The SMILES string of the molecule is CCCN1Cc2c(C(=O)NC(=O)C3CC3)ncn2-c2ccc(OC)cc2C1=O.[HH]. The lowest BCUT2D eigenvalue weighted by Gasteiger charge is -2.20. The molecule has 8 heteroatoms. The first-order chi connectivity index (χ1) is 13.5. The molecule has 1 N–H and O–H groups in total. The Labute approximate surface area is 164 Å². The van der Waals surface area contributed by atoms with Gasteiger partial charge in [-0.05, 0) is 37.5 Å². The summed E-state index contributed by atoms with van der Waals surface area (Å²) in [7, 11) is 1.55. The van der Waals surface area contributed by atoms with Crippen LogP contribution in [0.5, 0.6) is 5.75 Å². The number of nitrogens with one attached hydrogen (secondary N) is 1. The van der Waals surface area contributed by atoms with Gasteiger partial charge in [0.05, 0.1) is 30.6 Å². The second-order valence-corrected chi connectivity index (χ2v) is 7.11. The first kappa shape index (κ1) is 18.2. The summed E-state index contributed by atoms with van der Waals surface area (Å²) in [6.45, 7) is 2.77. The smallest absolute Gasteiger partial charge is 0.278 e. The van der Waals surface area contributed by atoms with Crippen molar-refractivity contribution in [1.29, 1.82) is 0 Å². The van der Waals surface area contributed by atoms with Crippen LogP contribution in [0.4, 0.5) is 0 Å². The number of methoxy groups -OCH3 is 1. The molecule has 4 rings (SSSR count). The average Bonchev–Trinajstić information content (AvgIpc) is 3.48. The summed E-state index contributed by atoms with van der Waals surface area (Å²) >= 11 is 0. The van der Waals surface area contributed by atoms with Crippen LogP contribution in [0.25, 0.3) is 5.69 Å². The number of fused-ring (bicyclic) bond motifs is 3. The standard InChI is InChI=1S/C20H22N4O4.H2/c1-3-8-23-10-16-17(19(26)22-18(25)12-4-5-12)21-11-24(16)15-7-6-13(28-2)9-14(15)20(23)27;/h6-7,9,11-12H,3-5,8,10H2,1-2H3,(H,22,25,26);1H. The molecule has 1 fully saturated rings. The van der Waals surface area contributed by atoms with Crippen molar-refractivity contribution in [2.24, 2.45) is 5.92 Å². The van der Waals surface area contributed by atoms with Gasteiger partial charge in [-0.15, -0.1) is 0 Å². The Bertz CT molecular complexity index is 967. The molecule has 1 saturated carbocycles. The van der Waals surface area contributed by atoms with E-state index in [1.165, 1.54) is 6.33 Å². The van der Waals surface area contributed by atoms with Gasteiger partial charge < -0.3 is 9.64 Å². The highest BCUT2D eigenvalue weighted by atomic mass is 16.5. The Morgan fingerprint density at radius 2 is 2.14 bits per heavy atom. The number of benzene rings is 1. The predicted molar refractivity (Wildman–Crippen MR) is 102 cm³/mol. The molecule has 148 valence electrons. The number of imidazole rings is 1. The molecule has 0 spiro atoms. The topological polar surface area (TPSA) is 93.5 Å². The summed E-state index contributed by atoms with van der Waals surface area (Å²) in [5, 5.41) is 2.44. The number of rotatable bonds is 5. The van der Waals surface area contributed by atoms with Crippen molar-refractivity contribution in [2.75, 3.05) is 13.7 Å². The molecule has 1 aliphatic heterocycles. The molecule has 8 nitrogen and oxygen atoms in total. The van der Waals surface area contributed by atoms with Crippen LogP contribution < -0.4 is 10.1 Å². The summed E-state index contributed by atoms with van der Waals surface area (Å²) < 4.78 is 7.02. The van der Waals surface area contributed by atoms with Crippen molar-refractivity contribution in [3.8, 4) is 11.4 Å². The van der Waals surface area contributed by atoms with E-state index in [2.05, 4.69) is 10.3 Å². The Morgan fingerprint density at radius 1 is 1.36 bits per heavy atom. The third-order valence-corrected chi connectivity index (χ3v) is 5.08. The van der Waals surface area contributed by atoms with Crippen LogP contribution in [-0.4, -0.2) is 45.8 Å². The fourth-order valence-electron chi connectivity index (χ4n) is 3.44. The number of imide groups is 1. The number of hydrogen-bond donors (Lipinski definition) is 1. The molecular formula is C20H24N4O4. The fraction of sp³-hybridized carbons (Fsp3) is 0.400. The third-order valence-electron chi connectivity index (χ3n) is 5.08. The van der Waals surface area contributed by atoms with E-state index in [0.29, 0.717) is 29.2 Å². The van der Waals surface area contributed by atoms with Crippen LogP contribution in [0.3, 0.4) is 0 Å². The zero-order valence-electron chi connectivity index (χ0n) is 15.9. The van der Waals surface area contributed by atoms with E-state index in [1.807, 2.05) is 6.92 Å². The lowest BCUT2D eigenvalue weighted by atomic mass is 10.1. The van der Waals surface area contributed by atoms with Gasteiger partial charge in [-0.1, -0.05) is 6.92 Å². The summed E-state index contributed by atoms with van der Waals surface area (Å²) in [5.41, 5.74) is 1.89. The van der Waals surface area contributed by atoms with Crippen molar-refractivity contribution >= 4 is 17.7 Å². The van der Waals surface area contributed by atoms with E-state index in [4.69, 9.17) is 4.74 Å². The Morgan fingerprint density at radius 3 is 2.82 bits per heavy atom. The second kappa shape index (κ2) is 7.10. The van der Waals surface area contributed by atoms with E-state index in [-0.39, 0.29) is 31.4 Å². The molecule has 0 unspecified atom stereocenters. The minimum Gasteiger partial charge on any atom is -0.497 e. The third kappa shape index (κ3) is 3.15. The normalized spacial score (nSPS) is 15.5. The Hall–Kier alpha value is -3.16. The van der Waals surface area contributed by atoms with E-state index in [1.54, 1.807) is 34.8 Å². The average molecular weight is 384 g/mol. The van der Waals surface area contributed by atoms with Crippen LogP contribution in [0.15, 0.2) is 24.5 Å². The number of ether oxygens (including phenoxy) is 1. The molecule has 0 bridgehead atoms. The molecule has 28 heavy (non-hydrogen) atoms. The highest BCUT2D eigenvalue weighted by molar-refractivity contribution is 6.06. The van der Waals surface area contributed by atoms with E-state index >= 15 is 0 Å². The number of nitrogens with zero attached hydrogens (tertiary/aromatic N) is 3. The summed E-state index contributed by atoms with van der Waals surface area (Å²) in [4.78, 5) is 43.7. The van der Waals surface area contributed by atoms with Gasteiger partial charge in [0.15, 0.2) is 5.69 Å². The van der Waals surface area contributed by atoms with Crippen LogP contribution >= 0.6 is 0 Å². The molecule has 3 amide bonds. The first-order valence-corrected chi connectivity index (χ1v) is 9.42. The van der Waals surface area contributed by atoms with E-state index in [9.17, 15) is 14.4 Å². The van der Waals surface area contributed by atoms with Crippen LogP contribution in [-0.2, 0) is 11.3 Å². The van der Waals surface area contributed by atoms with Crippen LogP contribution in [0.1, 0.15) is 54.2 Å². The molecule has 1 aliphatic carbocycles. The van der Waals surface area contributed by atoms with Crippen molar-refractivity contribution in [1.82, 2.24) is 19.8 Å². The lowest BCUT2D eigenvalue weighted by Crippen LogP contribution is -2.34. The van der Waals surface area contributed by atoms with E-state index < -0.39 is 5.91 Å². The van der Waals surface area contributed by atoms with Crippen molar-refractivity contribution in [2.45, 2.75) is 32.7 Å². The number of carbonyl (C=O) groups excluding carboxylic acids is 3. The van der Waals surface area contributed by atoms with Gasteiger partial charge >= 0.3 is 0 Å². The molecule has 1 aromatic heterocycles. The summed E-state index contributed by atoms with van der Waals surface area (Å²) in [5.74, 6) is -0.394. The Kier molecular flexibility index (Phi) is 4.62. The summed E-state index contributed by atoms with van der Waals surface area (Å²) in [6, 6.07) is 5.25. The van der Waals surface area contributed by atoms with E-state index in [0.717, 1.165) is 19.3 Å². The maximum atomic E-state index is 13.1. The van der Waals surface area contributed by atoms with Crippen molar-refractivity contribution in [3.63, 3.8) is 0 Å². The maximum absolute atomic E-state index is 13.1. The monoisotopic (exact) mass is 384 g/mol. The molecular weight excluding hydrogens is 360 g/mol. The molecule has 2 heterocycles. The van der Waals surface area contributed by atoms with Crippen LogP contribution in [0.2, 0.25) is 0 Å². The predicted octanol–water partition coefficient (Wildman–Crippen LogP) is 2.16. The highest BCUT2D eigenvalue weighted by Crippen LogP contribution is 2.30. The molecule has 0 atom stereocenters. The number of carbonyl (C=O) groups is 3. The largest absolute Gasteiger partial charge is 0.497 e. The van der Waals surface area contributed by atoms with Gasteiger partial charge in [-0.2, -0.15) is 0 Å². The van der Waals surface area contributed by atoms with Gasteiger partial charge in [0, 0.05) is 13.9 Å². The molecule has 2 aromatic rings. The lowest BCUT2D eigenvalue weighted by molar-refractivity contribution is -0.121. The maximum Gasteiger partial charge on any atom is 0.278 e. The number of amides is 3. The zero-order valence-corrected chi connectivity index (χ0v) is 15.9. The molecule has 0 radical (unpaired) electrons. The van der Waals surface area contributed by atoms with Gasteiger partial charge in [0.25, 0.3) is 11.8 Å². The number of aromatic nitrogens is 2. The molecule has 1 aromatic carbocycles. The van der Waals surface area contributed by atoms with Gasteiger partial charge in [-0.3, -0.25) is 24.3 Å². The van der Waals surface area contributed by atoms with Gasteiger partial charge in [-0.25, -0.2) is 4.98 Å².